The van der Waals surface area contributed by atoms with Gasteiger partial charge in [-0.1, -0.05) is 6.07 Å². The molecule has 0 aliphatic heterocycles. The summed E-state index contributed by atoms with van der Waals surface area (Å²) in [5.74, 6) is 1.44. The van der Waals surface area contributed by atoms with Crippen molar-refractivity contribution in [2.75, 3.05) is 27.1 Å². The molecule has 0 aliphatic rings. The van der Waals surface area contributed by atoms with Gasteiger partial charge in [-0.15, -0.1) is 11.8 Å². The molecule has 0 bridgehead atoms. The van der Waals surface area contributed by atoms with Crippen molar-refractivity contribution in [1.29, 1.82) is 0 Å². The van der Waals surface area contributed by atoms with Crippen LogP contribution in [-0.4, -0.2) is 38.4 Å². The Bertz CT molecular complexity index is 587. The number of ether oxygens (including phenoxy) is 2. The molecule has 1 heterocycles. The number of fused-ring (bicyclic) bond motifs is 1. The lowest BCUT2D eigenvalue weighted by atomic mass is 10.1. The van der Waals surface area contributed by atoms with Crippen LogP contribution in [0.5, 0.6) is 5.88 Å². The van der Waals surface area contributed by atoms with Crippen molar-refractivity contribution in [2.24, 2.45) is 0 Å². The SMILES string of the molecule is COC.COc1nccc2c(SCCC=O)c(C)ccc12. The van der Waals surface area contributed by atoms with Gasteiger partial charge in [0.2, 0.25) is 5.88 Å². The molecule has 0 unspecified atom stereocenters. The average Bonchev–Trinajstić information content (AvgIpc) is 2.49. The first-order chi connectivity index (χ1) is 10.2. The Balaban J connectivity index is 0.000000677. The maximum atomic E-state index is 10.4. The summed E-state index contributed by atoms with van der Waals surface area (Å²) < 4.78 is 9.52. The van der Waals surface area contributed by atoms with Crippen molar-refractivity contribution in [1.82, 2.24) is 4.98 Å². The third-order valence-electron chi connectivity index (χ3n) is 2.73. The van der Waals surface area contributed by atoms with E-state index in [1.165, 1.54) is 10.5 Å². The molecule has 0 amide bonds. The Morgan fingerprint density at radius 1 is 1.19 bits per heavy atom. The van der Waals surface area contributed by atoms with Gasteiger partial charge in [0.05, 0.1) is 7.11 Å². The summed E-state index contributed by atoms with van der Waals surface area (Å²) in [5, 5.41) is 2.15. The van der Waals surface area contributed by atoms with Crippen molar-refractivity contribution >= 4 is 28.8 Å². The van der Waals surface area contributed by atoms with Gasteiger partial charge in [-0.3, -0.25) is 0 Å². The summed E-state index contributed by atoms with van der Waals surface area (Å²) in [6.45, 7) is 2.08. The minimum atomic E-state index is 0.572. The van der Waals surface area contributed by atoms with E-state index in [-0.39, 0.29) is 0 Å². The van der Waals surface area contributed by atoms with Crippen LogP contribution in [-0.2, 0) is 9.53 Å². The van der Waals surface area contributed by atoms with Crippen molar-refractivity contribution in [3.05, 3.63) is 30.0 Å². The third kappa shape index (κ3) is 4.72. The molecule has 0 radical (unpaired) electrons. The van der Waals surface area contributed by atoms with Gasteiger partial charge in [-0.25, -0.2) is 4.98 Å². The number of benzene rings is 1. The highest BCUT2D eigenvalue weighted by Crippen LogP contribution is 2.34. The Hall–Kier alpha value is -1.59. The number of thioether (sulfide) groups is 1. The molecule has 0 N–H and O–H groups in total. The lowest BCUT2D eigenvalue weighted by Gasteiger charge is -2.11. The highest BCUT2D eigenvalue weighted by Gasteiger charge is 2.09. The predicted molar refractivity (Wildman–Crippen MR) is 87.4 cm³/mol. The average molecular weight is 307 g/mol. The maximum Gasteiger partial charge on any atom is 0.221 e. The molecule has 0 saturated heterocycles. The number of aryl methyl sites for hydroxylation is 1. The number of hydrogen-bond donors (Lipinski definition) is 0. The lowest BCUT2D eigenvalue weighted by molar-refractivity contribution is -0.107. The number of aldehydes is 1. The first kappa shape index (κ1) is 17.5. The standard InChI is InChI=1S/C14H15NO2S.C2H6O/c1-10-4-5-12-11(6-7-15-14(12)17-2)13(10)18-9-3-8-16;1-3-2/h4-8H,3,9H2,1-2H3;1-2H3. The van der Waals surface area contributed by atoms with Crippen molar-refractivity contribution in [2.45, 2.75) is 18.2 Å². The summed E-state index contributed by atoms with van der Waals surface area (Å²) in [6, 6.07) is 6.09. The summed E-state index contributed by atoms with van der Waals surface area (Å²) in [4.78, 5) is 15.8. The van der Waals surface area contributed by atoms with Crippen LogP contribution in [0.1, 0.15) is 12.0 Å². The van der Waals surface area contributed by atoms with Crippen LogP contribution >= 0.6 is 11.8 Å². The first-order valence-corrected chi connectivity index (χ1v) is 7.57. The van der Waals surface area contributed by atoms with Gasteiger partial charge < -0.3 is 14.3 Å². The van der Waals surface area contributed by atoms with E-state index in [1.54, 1.807) is 39.3 Å². The summed E-state index contributed by atoms with van der Waals surface area (Å²) in [6.07, 6.45) is 3.28. The molecular weight excluding hydrogens is 286 g/mol. The van der Waals surface area contributed by atoms with Gasteiger partial charge in [-0.2, -0.15) is 0 Å². The highest BCUT2D eigenvalue weighted by atomic mass is 32.2. The number of methoxy groups -OCH3 is 2. The van der Waals surface area contributed by atoms with Crippen molar-refractivity contribution in [3.63, 3.8) is 0 Å². The minimum absolute atomic E-state index is 0.572. The molecule has 1 aromatic carbocycles. The molecule has 0 atom stereocenters. The van der Waals surface area contributed by atoms with Crippen molar-refractivity contribution in [3.8, 4) is 5.88 Å². The molecule has 0 aliphatic carbocycles. The van der Waals surface area contributed by atoms with Gasteiger partial charge in [0.15, 0.2) is 0 Å². The molecule has 5 heteroatoms. The van der Waals surface area contributed by atoms with Gasteiger partial charge in [0, 0.05) is 48.3 Å². The van der Waals surface area contributed by atoms with Crippen LogP contribution in [0.15, 0.2) is 29.3 Å². The van der Waals surface area contributed by atoms with Gasteiger partial charge >= 0.3 is 0 Å². The molecule has 1 aromatic heterocycles. The normalized spacial score (nSPS) is 9.90. The number of pyridine rings is 1. The fraction of sp³-hybridized carbons (Fsp3) is 0.375. The molecule has 0 spiro atoms. The molecule has 21 heavy (non-hydrogen) atoms. The molecule has 0 saturated carbocycles. The van der Waals surface area contributed by atoms with Gasteiger partial charge in [0.1, 0.15) is 6.29 Å². The molecule has 4 nitrogen and oxygen atoms in total. The Morgan fingerprint density at radius 3 is 2.52 bits per heavy atom. The Labute approximate surface area is 129 Å². The van der Waals surface area contributed by atoms with E-state index in [9.17, 15) is 4.79 Å². The highest BCUT2D eigenvalue weighted by molar-refractivity contribution is 7.99. The lowest BCUT2D eigenvalue weighted by Crippen LogP contribution is -1.92. The number of aromatic nitrogens is 1. The summed E-state index contributed by atoms with van der Waals surface area (Å²) >= 11 is 1.71. The maximum absolute atomic E-state index is 10.4. The molecular formula is C16H21NO3S. The van der Waals surface area contributed by atoms with E-state index < -0.39 is 0 Å². The zero-order valence-corrected chi connectivity index (χ0v) is 13.7. The number of carbonyl (C=O) groups excluding carboxylic acids is 1. The molecule has 114 valence electrons. The summed E-state index contributed by atoms with van der Waals surface area (Å²) in [5.41, 5.74) is 1.21. The molecule has 2 rings (SSSR count). The molecule has 2 aromatic rings. The fourth-order valence-corrected chi connectivity index (χ4v) is 2.92. The van der Waals surface area contributed by atoms with E-state index in [0.29, 0.717) is 12.3 Å². The minimum Gasteiger partial charge on any atom is -0.481 e. The second kappa shape index (κ2) is 9.37. The largest absolute Gasteiger partial charge is 0.481 e. The molecule has 0 fully saturated rings. The van der Waals surface area contributed by atoms with Crippen LogP contribution in [0.4, 0.5) is 0 Å². The monoisotopic (exact) mass is 307 g/mol. The van der Waals surface area contributed by atoms with Gasteiger partial charge in [-0.05, 0) is 24.6 Å². The van der Waals surface area contributed by atoms with E-state index in [4.69, 9.17) is 4.74 Å². The number of carbonyl (C=O) groups is 1. The quantitative estimate of drug-likeness (QED) is 0.481. The third-order valence-corrected chi connectivity index (χ3v) is 4.00. The Morgan fingerprint density at radius 2 is 1.90 bits per heavy atom. The van der Waals surface area contributed by atoms with Gasteiger partial charge in [0.25, 0.3) is 0 Å². The smallest absolute Gasteiger partial charge is 0.221 e. The first-order valence-electron chi connectivity index (χ1n) is 6.58. The van der Waals surface area contributed by atoms with Crippen molar-refractivity contribution < 1.29 is 14.3 Å². The Kier molecular flexibility index (Phi) is 7.79. The van der Waals surface area contributed by atoms with Crippen LogP contribution in [0.3, 0.4) is 0 Å². The van der Waals surface area contributed by atoms with E-state index in [1.807, 2.05) is 12.1 Å². The van der Waals surface area contributed by atoms with Crippen LogP contribution in [0.25, 0.3) is 10.8 Å². The van der Waals surface area contributed by atoms with Crippen LogP contribution in [0.2, 0.25) is 0 Å². The second-order valence-corrected chi connectivity index (χ2v) is 5.44. The van der Waals surface area contributed by atoms with E-state index >= 15 is 0 Å². The number of hydrogen-bond acceptors (Lipinski definition) is 5. The number of nitrogens with zero attached hydrogens (tertiary/aromatic N) is 1. The zero-order chi connectivity index (χ0) is 15.7. The second-order valence-electron chi connectivity index (χ2n) is 4.34. The van der Waals surface area contributed by atoms with E-state index in [2.05, 4.69) is 22.7 Å². The van der Waals surface area contributed by atoms with Crippen LogP contribution < -0.4 is 4.74 Å². The van der Waals surface area contributed by atoms with Crippen LogP contribution in [0, 0.1) is 6.92 Å². The zero-order valence-electron chi connectivity index (χ0n) is 12.9. The topological polar surface area (TPSA) is 48.4 Å². The predicted octanol–water partition coefficient (Wildman–Crippen LogP) is 3.50. The summed E-state index contributed by atoms with van der Waals surface area (Å²) in [7, 11) is 4.88. The fourth-order valence-electron chi connectivity index (χ4n) is 1.87. The number of rotatable bonds is 5. The van der Waals surface area contributed by atoms with E-state index in [0.717, 1.165) is 22.8 Å².